The van der Waals surface area contributed by atoms with Crippen molar-refractivity contribution in [2.45, 2.75) is 39.4 Å². The fourth-order valence-electron chi connectivity index (χ4n) is 4.51. The summed E-state index contributed by atoms with van der Waals surface area (Å²) < 4.78 is 0. The minimum atomic E-state index is -0.145. The summed E-state index contributed by atoms with van der Waals surface area (Å²) in [4.78, 5) is 38.4. The number of hydrogen-bond acceptors (Lipinski definition) is 5. The number of fused-ring (bicyclic) bond motifs is 2. The zero-order valence-corrected chi connectivity index (χ0v) is 20.0. The van der Waals surface area contributed by atoms with Gasteiger partial charge in [0.2, 0.25) is 11.9 Å². The first kappa shape index (κ1) is 22.3. The van der Waals surface area contributed by atoms with Crippen LogP contribution < -0.4 is 5.32 Å². The second-order valence-electron chi connectivity index (χ2n) is 9.06. The summed E-state index contributed by atoms with van der Waals surface area (Å²) in [5, 5.41) is 3.59. The van der Waals surface area contributed by atoms with Gasteiger partial charge < -0.3 is 15.1 Å². The number of amides is 2. The Bertz CT molecular complexity index is 1280. The van der Waals surface area contributed by atoms with Crippen molar-refractivity contribution >= 4 is 29.4 Å². The minimum Gasteiger partial charge on any atom is -0.352 e. The van der Waals surface area contributed by atoms with Crippen LogP contribution in [0.1, 0.15) is 40.9 Å². The molecule has 5 rings (SSSR count). The lowest BCUT2D eigenvalue weighted by Crippen LogP contribution is -2.42. The molecule has 2 amide bonds. The van der Waals surface area contributed by atoms with Crippen molar-refractivity contribution in [2.75, 3.05) is 18.4 Å². The third-order valence-corrected chi connectivity index (χ3v) is 6.51. The number of hydrogen-bond donors (Lipinski definition) is 1. The number of aromatic nitrogens is 2. The molecule has 34 heavy (non-hydrogen) atoms. The monoisotopic (exact) mass is 475 g/mol. The van der Waals surface area contributed by atoms with E-state index in [4.69, 9.17) is 11.6 Å². The van der Waals surface area contributed by atoms with E-state index in [1.165, 1.54) is 11.1 Å². The molecule has 1 aromatic heterocycles. The number of carbonyl (C=O) groups excluding carboxylic acids is 2. The summed E-state index contributed by atoms with van der Waals surface area (Å²) in [6.45, 7) is 5.76. The number of nitrogens with zero attached hydrogens (tertiary/aromatic N) is 4. The zero-order valence-electron chi connectivity index (χ0n) is 19.2. The molecule has 7 nitrogen and oxygen atoms in total. The zero-order chi connectivity index (χ0) is 23.8. The van der Waals surface area contributed by atoms with Crippen molar-refractivity contribution in [1.29, 1.82) is 0 Å². The third-order valence-electron chi connectivity index (χ3n) is 6.23. The maximum absolute atomic E-state index is 13.2. The molecule has 174 valence electrons. The molecule has 2 aliphatic heterocycles. The highest BCUT2D eigenvalue weighted by Gasteiger charge is 2.31. The summed E-state index contributed by atoms with van der Waals surface area (Å²) in [7, 11) is 0. The Morgan fingerprint density at radius 3 is 2.71 bits per heavy atom. The first-order valence-electron chi connectivity index (χ1n) is 11.5. The van der Waals surface area contributed by atoms with E-state index in [1.54, 1.807) is 11.1 Å². The summed E-state index contributed by atoms with van der Waals surface area (Å²) in [6.07, 6.45) is 2.40. The Hall–Kier alpha value is -3.45. The lowest BCUT2D eigenvalue weighted by atomic mass is 10.00. The van der Waals surface area contributed by atoms with Gasteiger partial charge in [0.1, 0.15) is 6.54 Å². The van der Waals surface area contributed by atoms with Gasteiger partial charge in [-0.05, 0) is 43.0 Å². The first-order valence-corrected chi connectivity index (χ1v) is 11.8. The van der Waals surface area contributed by atoms with Crippen molar-refractivity contribution in [3.05, 3.63) is 75.9 Å². The van der Waals surface area contributed by atoms with Crippen LogP contribution in [-0.2, 0) is 24.3 Å². The van der Waals surface area contributed by atoms with Crippen molar-refractivity contribution in [1.82, 2.24) is 19.8 Å². The summed E-state index contributed by atoms with van der Waals surface area (Å²) >= 11 is 6.38. The van der Waals surface area contributed by atoms with Crippen LogP contribution in [0.5, 0.6) is 0 Å². The molecule has 2 aliphatic rings. The molecule has 0 bridgehead atoms. The molecule has 0 unspecified atom stereocenters. The topological polar surface area (TPSA) is 78.4 Å². The van der Waals surface area contributed by atoms with E-state index in [0.717, 1.165) is 17.5 Å². The fourth-order valence-corrected chi connectivity index (χ4v) is 4.71. The number of benzene rings is 2. The molecular weight excluding hydrogens is 450 g/mol. The number of carbonyl (C=O) groups is 2. The van der Waals surface area contributed by atoms with Gasteiger partial charge in [0, 0.05) is 36.8 Å². The molecule has 3 aromatic rings. The van der Waals surface area contributed by atoms with Crippen LogP contribution in [0.2, 0.25) is 5.02 Å². The highest BCUT2D eigenvalue weighted by Crippen LogP contribution is 2.31. The smallest absolute Gasteiger partial charge is 0.254 e. The Morgan fingerprint density at radius 1 is 1.12 bits per heavy atom. The second-order valence-corrected chi connectivity index (χ2v) is 9.46. The number of halogens is 1. The van der Waals surface area contributed by atoms with Crippen LogP contribution in [0, 0.1) is 0 Å². The molecular formula is C26H26ClN5O2. The normalized spacial score (nSPS) is 14.9. The number of rotatable bonds is 5. The Labute approximate surface area is 203 Å². The van der Waals surface area contributed by atoms with Gasteiger partial charge in [-0.25, -0.2) is 9.97 Å². The van der Waals surface area contributed by atoms with E-state index in [-0.39, 0.29) is 24.4 Å². The van der Waals surface area contributed by atoms with Gasteiger partial charge in [0.05, 0.1) is 16.9 Å². The average molecular weight is 476 g/mol. The van der Waals surface area contributed by atoms with Gasteiger partial charge >= 0.3 is 0 Å². The van der Waals surface area contributed by atoms with E-state index in [1.807, 2.05) is 49.1 Å². The van der Waals surface area contributed by atoms with Crippen LogP contribution >= 0.6 is 11.6 Å². The highest BCUT2D eigenvalue weighted by atomic mass is 35.5. The lowest BCUT2D eigenvalue weighted by molar-refractivity contribution is -0.132. The van der Waals surface area contributed by atoms with Crippen LogP contribution in [0.15, 0.2) is 48.7 Å². The van der Waals surface area contributed by atoms with Gasteiger partial charge in [-0.2, -0.15) is 0 Å². The van der Waals surface area contributed by atoms with Crippen LogP contribution in [0.25, 0.3) is 11.3 Å². The van der Waals surface area contributed by atoms with E-state index in [9.17, 15) is 9.59 Å². The SMILES string of the molecule is CC(C)Nc1ncc(Cl)c(-c2ccc3c(c2)C(=O)N(CC(=O)N2CCc4ccccc4C2)C3)n1. The first-order chi connectivity index (χ1) is 16.4. The summed E-state index contributed by atoms with van der Waals surface area (Å²) in [5.74, 6) is 0.309. The largest absolute Gasteiger partial charge is 0.352 e. The lowest BCUT2D eigenvalue weighted by Gasteiger charge is -2.30. The van der Waals surface area contributed by atoms with Gasteiger partial charge in [0.25, 0.3) is 5.91 Å². The molecule has 0 aliphatic carbocycles. The Morgan fingerprint density at radius 2 is 1.91 bits per heavy atom. The van der Waals surface area contributed by atoms with Crippen molar-refractivity contribution < 1.29 is 9.59 Å². The van der Waals surface area contributed by atoms with Crippen molar-refractivity contribution in [2.24, 2.45) is 0 Å². The van der Waals surface area contributed by atoms with Crippen LogP contribution in [0.3, 0.4) is 0 Å². The molecule has 0 fully saturated rings. The van der Waals surface area contributed by atoms with Gasteiger partial charge in [-0.15, -0.1) is 0 Å². The molecule has 0 spiro atoms. The van der Waals surface area contributed by atoms with E-state index >= 15 is 0 Å². The number of nitrogens with one attached hydrogen (secondary N) is 1. The fraction of sp³-hybridized carbons (Fsp3) is 0.308. The maximum Gasteiger partial charge on any atom is 0.254 e. The van der Waals surface area contributed by atoms with Gasteiger partial charge in [-0.1, -0.05) is 48.0 Å². The molecule has 0 saturated heterocycles. The quantitative estimate of drug-likeness (QED) is 0.599. The molecule has 0 saturated carbocycles. The van der Waals surface area contributed by atoms with Crippen molar-refractivity contribution in [3.8, 4) is 11.3 Å². The number of anilines is 1. The predicted octanol–water partition coefficient (Wildman–Crippen LogP) is 4.16. The minimum absolute atomic E-state index is 0.0286. The average Bonchev–Trinajstić information content (AvgIpc) is 3.14. The van der Waals surface area contributed by atoms with Gasteiger partial charge in [-0.3, -0.25) is 9.59 Å². The van der Waals surface area contributed by atoms with Crippen LogP contribution in [-0.4, -0.2) is 50.7 Å². The molecule has 1 N–H and O–H groups in total. The molecule has 2 aromatic carbocycles. The maximum atomic E-state index is 13.2. The van der Waals surface area contributed by atoms with Gasteiger partial charge in [0.15, 0.2) is 0 Å². The molecule has 8 heteroatoms. The standard InChI is InChI=1S/C26H26ClN5O2/c1-16(2)29-26-28-12-22(27)24(30-26)18-7-8-20-14-32(25(34)21(20)11-18)15-23(33)31-10-9-17-5-3-4-6-19(17)13-31/h3-8,11-12,16H,9-10,13-15H2,1-2H3,(H,28,29,30). The third kappa shape index (κ3) is 4.35. The molecule has 3 heterocycles. The molecule has 0 radical (unpaired) electrons. The summed E-state index contributed by atoms with van der Waals surface area (Å²) in [6, 6.07) is 14.0. The van der Waals surface area contributed by atoms with Crippen molar-refractivity contribution in [3.63, 3.8) is 0 Å². The predicted molar refractivity (Wildman–Crippen MR) is 132 cm³/mol. The van der Waals surface area contributed by atoms with E-state index < -0.39 is 0 Å². The summed E-state index contributed by atoms with van der Waals surface area (Å²) in [5.41, 5.74) is 5.26. The Balaban J connectivity index is 1.32. The highest BCUT2D eigenvalue weighted by molar-refractivity contribution is 6.33. The van der Waals surface area contributed by atoms with E-state index in [2.05, 4.69) is 27.4 Å². The second kappa shape index (κ2) is 9.06. The van der Waals surface area contributed by atoms with Crippen LogP contribution in [0.4, 0.5) is 5.95 Å². The van der Waals surface area contributed by atoms with E-state index in [0.29, 0.717) is 41.9 Å². The molecule has 0 atom stereocenters. The Kier molecular flexibility index (Phi) is 5.96.